The van der Waals surface area contributed by atoms with Crippen molar-refractivity contribution in [3.63, 3.8) is 0 Å². The van der Waals surface area contributed by atoms with Crippen molar-refractivity contribution in [2.24, 2.45) is 5.92 Å². The highest BCUT2D eigenvalue weighted by Gasteiger charge is 2.28. The van der Waals surface area contributed by atoms with Gasteiger partial charge in [0, 0.05) is 25.6 Å². The number of nitrogens with zero attached hydrogens (tertiary/aromatic N) is 1. The molecule has 0 radical (unpaired) electrons. The van der Waals surface area contributed by atoms with Crippen molar-refractivity contribution in [1.29, 1.82) is 0 Å². The van der Waals surface area contributed by atoms with Gasteiger partial charge in [-0.15, -0.1) is 0 Å². The minimum atomic E-state index is 0.376. The standard InChI is InChI=1S/C20H30N2O/c1-16-4-2-5-17(14-16)6-3-12-21-19-9-10-20(23)22(13-11-19)15-18-7-8-18/h2,4-5,14,18-19,21H,3,6-13,15H2,1H3/t19-/m0/s1. The van der Waals surface area contributed by atoms with Crippen LogP contribution in [0.4, 0.5) is 0 Å². The van der Waals surface area contributed by atoms with Crippen molar-refractivity contribution >= 4 is 5.91 Å². The summed E-state index contributed by atoms with van der Waals surface area (Å²) >= 11 is 0. The van der Waals surface area contributed by atoms with Gasteiger partial charge in [0.1, 0.15) is 0 Å². The van der Waals surface area contributed by atoms with Gasteiger partial charge in [0.15, 0.2) is 0 Å². The van der Waals surface area contributed by atoms with Gasteiger partial charge >= 0.3 is 0 Å². The molecule has 3 heteroatoms. The summed E-state index contributed by atoms with van der Waals surface area (Å²) in [4.78, 5) is 14.3. The number of benzene rings is 1. The maximum atomic E-state index is 12.2. The highest BCUT2D eigenvalue weighted by atomic mass is 16.2. The molecule has 0 bridgehead atoms. The normalized spacial score (nSPS) is 22.2. The molecule has 2 fully saturated rings. The van der Waals surface area contributed by atoms with Gasteiger partial charge in [-0.1, -0.05) is 29.8 Å². The van der Waals surface area contributed by atoms with E-state index in [1.165, 1.54) is 30.4 Å². The van der Waals surface area contributed by atoms with Gasteiger partial charge < -0.3 is 10.2 Å². The molecule has 3 rings (SSSR count). The summed E-state index contributed by atoms with van der Waals surface area (Å²) in [6.07, 6.45) is 7.79. The molecule has 2 aliphatic rings. The first-order chi connectivity index (χ1) is 11.2. The van der Waals surface area contributed by atoms with Crippen LogP contribution in [0.1, 0.15) is 49.7 Å². The predicted molar refractivity (Wildman–Crippen MR) is 94.4 cm³/mol. The van der Waals surface area contributed by atoms with Crippen molar-refractivity contribution < 1.29 is 4.79 Å². The first-order valence-electron chi connectivity index (χ1n) is 9.27. The summed E-state index contributed by atoms with van der Waals surface area (Å²) in [5.74, 6) is 1.18. The fourth-order valence-electron chi connectivity index (χ4n) is 3.51. The molecule has 0 spiro atoms. The molecular weight excluding hydrogens is 284 g/mol. The van der Waals surface area contributed by atoms with E-state index >= 15 is 0 Å². The molecule has 1 aliphatic carbocycles. The second-order valence-electron chi connectivity index (χ2n) is 7.35. The number of amides is 1. The molecular formula is C20H30N2O. The summed E-state index contributed by atoms with van der Waals surface area (Å²) in [7, 11) is 0. The Hall–Kier alpha value is -1.35. The zero-order chi connectivity index (χ0) is 16.1. The Morgan fingerprint density at radius 3 is 2.87 bits per heavy atom. The van der Waals surface area contributed by atoms with Crippen molar-refractivity contribution in [2.75, 3.05) is 19.6 Å². The second-order valence-corrected chi connectivity index (χ2v) is 7.35. The highest BCUT2D eigenvalue weighted by Crippen LogP contribution is 2.30. The van der Waals surface area contributed by atoms with Crippen LogP contribution >= 0.6 is 0 Å². The van der Waals surface area contributed by atoms with E-state index in [4.69, 9.17) is 0 Å². The van der Waals surface area contributed by atoms with Crippen molar-refractivity contribution in [1.82, 2.24) is 10.2 Å². The van der Waals surface area contributed by atoms with Gasteiger partial charge in [-0.3, -0.25) is 4.79 Å². The Morgan fingerprint density at radius 1 is 1.22 bits per heavy atom. The van der Waals surface area contributed by atoms with Gasteiger partial charge in [0.05, 0.1) is 0 Å². The van der Waals surface area contributed by atoms with Crippen molar-refractivity contribution in [2.45, 2.75) is 57.9 Å². The zero-order valence-electron chi connectivity index (χ0n) is 14.4. The molecule has 0 unspecified atom stereocenters. The Morgan fingerprint density at radius 2 is 2.09 bits per heavy atom. The lowest BCUT2D eigenvalue weighted by atomic mass is 10.1. The molecule has 0 aromatic heterocycles. The fourth-order valence-corrected chi connectivity index (χ4v) is 3.51. The smallest absolute Gasteiger partial charge is 0.222 e. The molecule has 1 saturated carbocycles. The quantitative estimate of drug-likeness (QED) is 0.783. The number of hydrogen-bond acceptors (Lipinski definition) is 2. The van der Waals surface area contributed by atoms with Crippen LogP contribution in [-0.2, 0) is 11.2 Å². The highest BCUT2D eigenvalue weighted by molar-refractivity contribution is 5.76. The minimum absolute atomic E-state index is 0.376. The lowest BCUT2D eigenvalue weighted by Gasteiger charge is -2.21. The summed E-state index contributed by atoms with van der Waals surface area (Å²) in [5.41, 5.74) is 2.77. The van der Waals surface area contributed by atoms with Crippen LogP contribution in [0.5, 0.6) is 0 Å². The summed E-state index contributed by atoms with van der Waals surface area (Å²) in [6.45, 7) is 5.16. The molecule has 1 N–H and O–H groups in total. The molecule has 1 aromatic carbocycles. The lowest BCUT2D eigenvalue weighted by Crippen LogP contribution is -2.34. The van der Waals surface area contributed by atoms with E-state index in [0.29, 0.717) is 11.9 Å². The molecule has 23 heavy (non-hydrogen) atoms. The number of likely N-dealkylation sites (tertiary alicyclic amines) is 1. The van der Waals surface area contributed by atoms with E-state index in [1.54, 1.807) is 0 Å². The van der Waals surface area contributed by atoms with E-state index in [-0.39, 0.29) is 0 Å². The van der Waals surface area contributed by atoms with Gasteiger partial charge in [0.2, 0.25) is 5.91 Å². The molecule has 1 amide bonds. The lowest BCUT2D eigenvalue weighted by molar-refractivity contribution is -0.130. The van der Waals surface area contributed by atoms with E-state index in [1.807, 2.05) is 0 Å². The topological polar surface area (TPSA) is 32.3 Å². The average molecular weight is 314 g/mol. The van der Waals surface area contributed by atoms with Gasteiger partial charge in [-0.2, -0.15) is 0 Å². The molecule has 1 aliphatic heterocycles. The summed E-state index contributed by atoms with van der Waals surface area (Å²) in [6, 6.07) is 9.30. The van der Waals surface area contributed by atoms with Crippen molar-refractivity contribution in [3.8, 4) is 0 Å². The van der Waals surface area contributed by atoms with Crippen LogP contribution in [-0.4, -0.2) is 36.5 Å². The summed E-state index contributed by atoms with van der Waals surface area (Å²) < 4.78 is 0. The Kier molecular flexibility index (Phi) is 5.71. The van der Waals surface area contributed by atoms with Gasteiger partial charge in [-0.25, -0.2) is 0 Å². The molecule has 1 atom stereocenters. The number of aryl methyl sites for hydroxylation is 2. The first kappa shape index (κ1) is 16.5. The van der Waals surface area contributed by atoms with Crippen LogP contribution in [0.15, 0.2) is 24.3 Å². The maximum Gasteiger partial charge on any atom is 0.222 e. The average Bonchev–Trinajstić information content (AvgIpc) is 3.36. The zero-order valence-corrected chi connectivity index (χ0v) is 14.4. The summed E-state index contributed by atoms with van der Waals surface area (Å²) in [5, 5.41) is 3.68. The third-order valence-electron chi connectivity index (χ3n) is 5.14. The van der Waals surface area contributed by atoms with E-state index < -0.39 is 0 Å². The van der Waals surface area contributed by atoms with Crippen LogP contribution in [0.3, 0.4) is 0 Å². The molecule has 126 valence electrons. The third kappa shape index (κ3) is 5.35. The minimum Gasteiger partial charge on any atom is -0.342 e. The SMILES string of the molecule is Cc1cccc(CCCN[C@H]2CCC(=O)N(CC3CC3)CC2)c1. The van der Waals surface area contributed by atoms with Gasteiger partial charge in [-0.05, 0) is 63.5 Å². The maximum absolute atomic E-state index is 12.2. The predicted octanol–water partition coefficient (Wildman–Crippen LogP) is 3.31. The largest absolute Gasteiger partial charge is 0.342 e. The molecule has 1 heterocycles. The Bertz CT molecular complexity index is 524. The first-order valence-corrected chi connectivity index (χ1v) is 9.27. The van der Waals surface area contributed by atoms with Crippen LogP contribution < -0.4 is 5.32 Å². The van der Waals surface area contributed by atoms with Crippen molar-refractivity contribution in [3.05, 3.63) is 35.4 Å². The Labute approximate surface area is 140 Å². The second kappa shape index (κ2) is 7.96. The number of rotatable bonds is 7. The van der Waals surface area contributed by atoms with Gasteiger partial charge in [0.25, 0.3) is 0 Å². The number of carbonyl (C=O) groups is 1. The van der Waals surface area contributed by atoms with E-state index in [2.05, 4.69) is 41.4 Å². The molecule has 1 aromatic rings. The number of hydrogen-bond donors (Lipinski definition) is 1. The van der Waals surface area contributed by atoms with Crippen LogP contribution in [0.2, 0.25) is 0 Å². The van der Waals surface area contributed by atoms with Crippen LogP contribution in [0.25, 0.3) is 0 Å². The Balaban J connectivity index is 1.36. The monoisotopic (exact) mass is 314 g/mol. The third-order valence-corrected chi connectivity index (χ3v) is 5.14. The van der Waals surface area contributed by atoms with Crippen LogP contribution in [0, 0.1) is 12.8 Å². The van der Waals surface area contributed by atoms with E-state index in [9.17, 15) is 4.79 Å². The fraction of sp³-hybridized carbons (Fsp3) is 0.650. The number of nitrogens with one attached hydrogen (secondary N) is 1. The molecule has 3 nitrogen and oxygen atoms in total. The van der Waals surface area contributed by atoms with E-state index in [0.717, 1.165) is 51.2 Å². The molecule has 1 saturated heterocycles. The number of carbonyl (C=O) groups excluding carboxylic acids is 1.